The smallest absolute Gasteiger partial charge is 0.0277 e. The van der Waals surface area contributed by atoms with Crippen LogP contribution in [0.25, 0.3) is 0 Å². The summed E-state index contributed by atoms with van der Waals surface area (Å²) >= 11 is 0. The van der Waals surface area contributed by atoms with Gasteiger partial charge in [0.15, 0.2) is 0 Å². The molecule has 0 aromatic rings. The average molecular weight is 251 g/mol. The first kappa shape index (κ1) is 17.7. The van der Waals surface area contributed by atoms with E-state index in [-0.39, 0.29) is 0 Å². The molecule has 0 fully saturated rings. The van der Waals surface area contributed by atoms with Gasteiger partial charge in [0.2, 0.25) is 0 Å². The van der Waals surface area contributed by atoms with Crippen molar-refractivity contribution in [2.24, 2.45) is 0 Å². The second kappa shape index (κ2) is 14.8. The van der Waals surface area contributed by atoms with Crippen LogP contribution in [0.2, 0.25) is 0 Å². The van der Waals surface area contributed by atoms with Crippen LogP contribution >= 0.6 is 0 Å². The second-order valence-corrected chi connectivity index (χ2v) is 5.82. The van der Waals surface area contributed by atoms with Crippen LogP contribution in [-0.4, -0.2) is 0 Å². The number of hydrogen-bond donors (Lipinski definition) is 0. The minimum Gasteiger partial charge on any atom is -0.0730 e. The van der Waals surface area contributed by atoms with E-state index in [9.17, 15) is 0 Å². The summed E-state index contributed by atoms with van der Waals surface area (Å²) < 4.78 is 0. The standard InChI is InChI=1S/C18H35/c1-4-5-6-7-8-9-10-11-12-13-14-15-16-17-18(2)3/h4-16H2,1-3H3. The molecule has 0 aliphatic carbocycles. The van der Waals surface area contributed by atoms with E-state index in [1.165, 1.54) is 89.0 Å². The van der Waals surface area contributed by atoms with Gasteiger partial charge in [-0.15, -0.1) is 0 Å². The summed E-state index contributed by atoms with van der Waals surface area (Å²) in [4.78, 5) is 0. The van der Waals surface area contributed by atoms with E-state index in [0.29, 0.717) is 0 Å². The van der Waals surface area contributed by atoms with Crippen molar-refractivity contribution in [1.29, 1.82) is 0 Å². The van der Waals surface area contributed by atoms with Crippen LogP contribution < -0.4 is 0 Å². The molecule has 0 heteroatoms. The molecule has 18 heavy (non-hydrogen) atoms. The van der Waals surface area contributed by atoms with Crippen LogP contribution in [0.4, 0.5) is 0 Å². The average Bonchev–Trinajstić information content (AvgIpc) is 2.34. The van der Waals surface area contributed by atoms with E-state index < -0.39 is 0 Å². The maximum absolute atomic E-state index is 3.40. The fraction of sp³-hybridized carbons (Fsp3) is 0.889. The fourth-order valence-corrected chi connectivity index (χ4v) is 2.30. The van der Waals surface area contributed by atoms with Gasteiger partial charge in [-0.05, 0) is 32.8 Å². The molecule has 0 aliphatic rings. The van der Waals surface area contributed by atoms with Crippen molar-refractivity contribution < 1.29 is 0 Å². The molecule has 0 amide bonds. The fourth-order valence-electron chi connectivity index (χ4n) is 2.30. The third kappa shape index (κ3) is 15.7. The van der Waals surface area contributed by atoms with Gasteiger partial charge in [0.05, 0.1) is 0 Å². The number of rotatable bonds is 13. The maximum atomic E-state index is 3.40. The summed E-state index contributed by atoms with van der Waals surface area (Å²) in [6.07, 6.45) is 21.8. The number of allylic oxidation sites excluding steroid dienone is 2. The Morgan fingerprint density at radius 2 is 1.00 bits per heavy atom. The molecule has 0 rings (SSSR count). The molecule has 0 bridgehead atoms. The quantitative estimate of drug-likeness (QED) is 0.314. The minimum absolute atomic E-state index is 1.17. The van der Waals surface area contributed by atoms with Gasteiger partial charge in [0, 0.05) is 0 Å². The van der Waals surface area contributed by atoms with Crippen LogP contribution in [0.1, 0.15) is 104 Å². The SMILES string of the molecule is CCCCCCCCCCCCCC[C]=C(C)C. The Morgan fingerprint density at radius 3 is 1.39 bits per heavy atom. The Bertz CT molecular complexity index is 174. The highest BCUT2D eigenvalue weighted by Gasteiger charge is 1.93. The lowest BCUT2D eigenvalue weighted by Crippen LogP contribution is -1.82. The highest BCUT2D eigenvalue weighted by atomic mass is 14.0. The summed E-state index contributed by atoms with van der Waals surface area (Å²) in [6, 6.07) is 0. The summed E-state index contributed by atoms with van der Waals surface area (Å²) in [5.74, 6) is 0. The van der Waals surface area contributed by atoms with Crippen molar-refractivity contribution in [2.45, 2.75) is 104 Å². The highest BCUT2D eigenvalue weighted by Crippen LogP contribution is 2.12. The molecule has 0 aromatic carbocycles. The molecular weight excluding hydrogens is 216 g/mol. The first-order valence-electron chi connectivity index (χ1n) is 8.31. The van der Waals surface area contributed by atoms with Gasteiger partial charge in [0.1, 0.15) is 0 Å². The van der Waals surface area contributed by atoms with Gasteiger partial charge in [-0.25, -0.2) is 0 Å². The third-order valence-electron chi connectivity index (χ3n) is 3.51. The van der Waals surface area contributed by atoms with E-state index in [0.717, 1.165) is 0 Å². The number of unbranched alkanes of at least 4 members (excludes halogenated alkanes) is 12. The van der Waals surface area contributed by atoms with Gasteiger partial charge in [-0.1, -0.05) is 83.1 Å². The van der Waals surface area contributed by atoms with Crippen molar-refractivity contribution >= 4 is 0 Å². The third-order valence-corrected chi connectivity index (χ3v) is 3.51. The van der Waals surface area contributed by atoms with Crippen molar-refractivity contribution in [3.63, 3.8) is 0 Å². The summed E-state index contributed by atoms with van der Waals surface area (Å²) in [6.45, 7) is 6.57. The molecule has 107 valence electrons. The predicted molar refractivity (Wildman–Crippen MR) is 83.8 cm³/mol. The first-order valence-corrected chi connectivity index (χ1v) is 8.31. The highest BCUT2D eigenvalue weighted by molar-refractivity contribution is 4.85. The monoisotopic (exact) mass is 251 g/mol. The summed E-state index contributed by atoms with van der Waals surface area (Å²) in [7, 11) is 0. The molecule has 0 unspecified atom stereocenters. The van der Waals surface area contributed by atoms with Crippen molar-refractivity contribution in [2.75, 3.05) is 0 Å². The van der Waals surface area contributed by atoms with Gasteiger partial charge in [-0.3, -0.25) is 0 Å². The Kier molecular flexibility index (Phi) is 14.6. The molecule has 0 N–H and O–H groups in total. The molecule has 0 spiro atoms. The summed E-state index contributed by atoms with van der Waals surface area (Å²) in [5.41, 5.74) is 1.35. The molecule has 0 saturated heterocycles. The molecule has 0 nitrogen and oxygen atoms in total. The minimum atomic E-state index is 1.17. The van der Waals surface area contributed by atoms with Crippen LogP contribution in [0.5, 0.6) is 0 Å². The summed E-state index contributed by atoms with van der Waals surface area (Å²) in [5, 5.41) is 0. The Balaban J connectivity index is 2.97. The zero-order chi connectivity index (χ0) is 13.5. The lowest BCUT2D eigenvalue weighted by Gasteiger charge is -2.02. The van der Waals surface area contributed by atoms with Gasteiger partial charge >= 0.3 is 0 Å². The van der Waals surface area contributed by atoms with Gasteiger partial charge in [0.25, 0.3) is 0 Å². The van der Waals surface area contributed by atoms with E-state index >= 15 is 0 Å². The normalized spacial score (nSPS) is 10.6. The van der Waals surface area contributed by atoms with E-state index in [1.54, 1.807) is 0 Å². The Labute approximate surface area is 116 Å². The van der Waals surface area contributed by atoms with E-state index in [1.807, 2.05) is 0 Å². The van der Waals surface area contributed by atoms with Gasteiger partial charge in [-0.2, -0.15) is 0 Å². The van der Waals surface area contributed by atoms with Crippen molar-refractivity contribution in [3.8, 4) is 0 Å². The van der Waals surface area contributed by atoms with E-state index in [2.05, 4.69) is 26.8 Å². The maximum Gasteiger partial charge on any atom is -0.0277 e. The molecule has 0 heterocycles. The van der Waals surface area contributed by atoms with Crippen molar-refractivity contribution in [3.05, 3.63) is 11.6 Å². The second-order valence-electron chi connectivity index (χ2n) is 5.82. The van der Waals surface area contributed by atoms with Crippen LogP contribution in [-0.2, 0) is 0 Å². The van der Waals surface area contributed by atoms with Crippen LogP contribution in [0, 0.1) is 6.08 Å². The van der Waals surface area contributed by atoms with Gasteiger partial charge < -0.3 is 0 Å². The Morgan fingerprint density at radius 1 is 0.611 bits per heavy atom. The first-order chi connectivity index (χ1) is 8.77. The number of hydrogen-bond acceptors (Lipinski definition) is 0. The zero-order valence-corrected chi connectivity index (χ0v) is 13.2. The predicted octanol–water partition coefficient (Wildman–Crippen LogP) is 6.85. The Hall–Kier alpha value is -0.260. The molecule has 0 atom stereocenters. The largest absolute Gasteiger partial charge is 0.0730 e. The van der Waals surface area contributed by atoms with Crippen molar-refractivity contribution in [1.82, 2.24) is 0 Å². The topological polar surface area (TPSA) is 0 Å². The lowest BCUT2D eigenvalue weighted by molar-refractivity contribution is 0.544. The van der Waals surface area contributed by atoms with Crippen LogP contribution in [0.3, 0.4) is 0 Å². The van der Waals surface area contributed by atoms with E-state index in [4.69, 9.17) is 0 Å². The molecular formula is C18H35. The molecule has 1 radical (unpaired) electrons. The molecule has 0 aliphatic heterocycles. The molecule has 0 aromatic heterocycles. The lowest BCUT2D eigenvalue weighted by atomic mass is 10.0. The van der Waals surface area contributed by atoms with Crippen LogP contribution in [0.15, 0.2) is 5.57 Å². The zero-order valence-electron chi connectivity index (χ0n) is 13.2. The molecule has 0 saturated carbocycles.